The first-order valence-corrected chi connectivity index (χ1v) is 6.93. The molecular weight excluding hydrogens is 286 g/mol. The highest BCUT2D eigenvalue weighted by molar-refractivity contribution is 5.96. The largest absolute Gasteiger partial charge is 0.465 e. The van der Waals surface area contributed by atoms with E-state index in [-0.39, 0.29) is 11.8 Å². The second-order valence-corrected chi connectivity index (χ2v) is 5.10. The summed E-state index contributed by atoms with van der Waals surface area (Å²) in [5.41, 5.74) is 0.964. The average molecular weight is 301 g/mol. The number of benzene rings is 1. The fourth-order valence-electron chi connectivity index (χ4n) is 2.56. The van der Waals surface area contributed by atoms with Gasteiger partial charge in [0.2, 0.25) is 6.39 Å². The third-order valence-corrected chi connectivity index (χ3v) is 3.77. The van der Waals surface area contributed by atoms with Crippen molar-refractivity contribution in [2.24, 2.45) is 0 Å². The summed E-state index contributed by atoms with van der Waals surface area (Å²) < 4.78 is 9.38. The highest BCUT2D eigenvalue weighted by Gasteiger charge is 2.30. The summed E-state index contributed by atoms with van der Waals surface area (Å²) in [6, 6.07) is 6.45. The Morgan fingerprint density at radius 1 is 1.27 bits per heavy atom. The zero-order valence-electron chi connectivity index (χ0n) is 12.1. The van der Waals surface area contributed by atoms with Gasteiger partial charge in [0.15, 0.2) is 5.82 Å². The van der Waals surface area contributed by atoms with E-state index in [0.29, 0.717) is 30.0 Å². The molecule has 2 heterocycles. The van der Waals surface area contributed by atoms with E-state index in [1.54, 1.807) is 29.2 Å². The van der Waals surface area contributed by atoms with E-state index in [1.807, 2.05) is 0 Å². The first kappa shape index (κ1) is 14.2. The molecule has 7 heteroatoms. The number of nitrogens with zero attached hydrogens (tertiary/aromatic N) is 3. The van der Waals surface area contributed by atoms with Crippen LogP contribution >= 0.6 is 0 Å². The van der Waals surface area contributed by atoms with Crippen LogP contribution in [0.1, 0.15) is 38.9 Å². The minimum absolute atomic E-state index is 0.0672. The third kappa shape index (κ3) is 2.69. The number of methoxy groups -OCH3 is 1. The monoisotopic (exact) mass is 301 g/mol. The molecule has 0 bridgehead atoms. The number of rotatable bonds is 3. The van der Waals surface area contributed by atoms with Crippen molar-refractivity contribution >= 4 is 11.9 Å². The van der Waals surface area contributed by atoms with Crippen LogP contribution in [-0.2, 0) is 4.74 Å². The lowest BCUT2D eigenvalue weighted by Crippen LogP contribution is -2.28. The fraction of sp³-hybridized carbons (Fsp3) is 0.333. The predicted octanol–water partition coefficient (Wildman–Crippen LogP) is 1.49. The number of carbonyl (C=O) groups is 2. The molecule has 1 aliphatic rings. The van der Waals surface area contributed by atoms with Crippen molar-refractivity contribution < 1.29 is 18.8 Å². The number of likely N-dealkylation sites (tertiary alicyclic amines) is 1. The lowest BCUT2D eigenvalue weighted by Gasteiger charge is -2.16. The molecule has 0 radical (unpaired) electrons. The van der Waals surface area contributed by atoms with Crippen molar-refractivity contribution in [3.05, 3.63) is 47.6 Å². The molecule has 1 aliphatic heterocycles. The Morgan fingerprint density at radius 3 is 2.64 bits per heavy atom. The van der Waals surface area contributed by atoms with E-state index >= 15 is 0 Å². The molecule has 1 amide bonds. The molecule has 1 saturated heterocycles. The SMILES string of the molecule is COC(=O)c1ccc(C(=O)N2CCC(c3ncon3)C2)cc1. The van der Waals surface area contributed by atoms with Gasteiger partial charge in [-0.05, 0) is 30.7 Å². The summed E-state index contributed by atoms with van der Waals surface area (Å²) in [5, 5.41) is 3.83. The number of esters is 1. The smallest absolute Gasteiger partial charge is 0.337 e. The third-order valence-electron chi connectivity index (χ3n) is 3.77. The van der Waals surface area contributed by atoms with Gasteiger partial charge >= 0.3 is 5.97 Å². The highest BCUT2D eigenvalue weighted by Crippen LogP contribution is 2.25. The van der Waals surface area contributed by atoms with Gasteiger partial charge in [0.1, 0.15) is 0 Å². The molecule has 2 aromatic rings. The first-order valence-electron chi connectivity index (χ1n) is 6.93. The van der Waals surface area contributed by atoms with Crippen LogP contribution in [0.2, 0.25) is 0 Å². The molecule has 22 heavy (non-hydrogen) atoms. The second kappa shape index (κ2) is 5.97. The Balaban J connectivity index is 1.68. The molecule has 1 aromatic heterocycles. The van der Waals surface area contributed by atoms with Gasteiger partial charge in [0.25, 0.3) is 5.91 Å². The summed E-state index contributed by atoms with van der Waals surface area (Å²) in [4.78, 5) is 29.6. The van der Waals surface area contributed by atoms with Crippen LogP contribution in [0.25, 0.3) is 0 Å². The molecule has 1 aromatic carbocycles. The van der Waals surface area contributed by atoms with E-state index in [2.05, 4.69) is 14.9 Å². The Morgan fingerprint density at radius 2 is 2.00 bits per heavy atom. The van der Waals surface area contributed by atoms with Gasteiger partial charge in [-0.25, -0.2) is 4.79 Å². The molecule has 0 saturated carbocycles. The Hall–Kier alpha value is -2.70. The molecule has 0 N–H and O–H groups in total. The van der Waals surface area contributed by atoms with Crippen LogP contribution in [0.15, 0.2) is 35.2 Å². The quantitative estimate of drug-likeness (QED) is 0.798. The number of aromatic nitrogens is 2. The number of amides is 1. The molecule has 114 valence electrons. The molecule has 0 aliphatic carbocycles. The minimum Gasteiger partial charge on any atom is -0.465 e. The molecule has 1 unspecified atom stereocenters. The van der Waals surface area contributed by atoms with Gasteiger partial charge in [-0.15, -0.1) is 0 Å². The fourth-order valence-corrected chi connectivity index (χ4v) is 2.56. The van der Waals surface area contributed by atoms with E-state index in [0.717, 1.165) is 6.42 Å². The first-order chi connectivity index (χ1) is 10.7. The zero-order chi connectivity index (χ0) is 15.5. The lowest BCUT2D eigenvalue weighted by molar-refractivity contribution is 0.0600. The maximum atomic E-state index is 12.5. The normalized spacial score (nSPS) is 17.5. The van der Waals surface area contributed by atoms with Crippen molar-refractivity contribution in [3.8, 4) is 0 Å². The summed E-state index contributed by atoms with van der Waals surface area (Å²) >= 11 is 0. The van der Waals surface area contributed by atoms with Crippen LogP contribution in [0.4, 0.5) is 0 Å². The van der Waals surface area contributed by atoms with Gasteiger partial charge in [-0.3, -0.25) is 4.79 Å². The van der Waals surface area contributed by atoms with Gasteiger partial charge < -0.3 is 14.2 Å². The van der Waals surface area contributed by atoms with Gasteiger partial charge in [-0.1, -0.05) is 5.16 Å². The zero-order valence-corrected chi connectivity index (χ0v) is 12.1. The number of ether oxygens (including phenoxy) is 1. The minimum atomic E-state index is -0.419. The standard InChI is InChI=1S/C15H15N3O4/c1-21-15(20)11-4-2-10(3-5-11)14(19)18-7-6-12(8-18)13-16-9-22-17-13/h2-5,9,12H,6-8H2,1H3. The van der Waals surface area contributed by atoms with E-state index in [4.69, 9.17) is 4.52 Å². The van der Waals surface area contributed by atoms with Crippen molar-refractivity contribution in [1.29, 1.82) is 0 Å². The molecule has 1 fully saturated rings. The van der Waals surface area contributed by atoms with Crippen LogP contribution in [0.3, 0.4) is 0 Å². The van der Waals surface area contributed by atoms with Crippen molar-refractivity contribution in [2.75, 3.05) is 20.2 Å². The van der Waals surface area contributed by atoms with Crippen molar-refractivity contribution in [1.82, 2.24) is 15.0 Å². The summed E-state index contributed by atoms with van der Waals surface area (Å²) in [7, 11) is 1.32. The Kier molecular flexibility index (Phi) is 3.86. The maximum absolute atomic E-state index is 12.5. The summed E-state index contributed by atoms with van der Waals surface area (Å²) in [5.74, 6) is 0.258. The lowest BCUT2D eigenvalue weighted by atomic mass is 10.1. The van der Waals surface area contributed by atoms with Crippen LogP contribution in [-0.4, -0.2) is 47.1 Å². The number of hydrogen-bond acceptors (Lipinski definition) is 6. The summed E-state index contributed by atoms with van der Waals surface area (Å²) in [6.07, 6.45) is 2.11. The van der Waals surface area contributed by atoms with Crippen LogP contribution in [0.5, 0.6) is 0 Å². The van der Waals surface area contributed by atoms with Gasteiger partial charge in [0, 0.05) is 24.6 Å². The van der Waals surface area contributed by atoms with E-state index < -0.39 is 5.97 Å². The molecule has 7 nitrogen and oxygen atoms in total. The van der Waals surface area contributed by atoms with Crippen molar-refractivity contribution in [2.45, 2.75) is 12.3 Å². The van der Waals surface area contributed by atoms with Crippen molar-refractivity contribution in [3.63, 3.8) is 0 Å². The number of hydrogen-bond donors (Lipinski definition) is 0. The second-order valence-electron chi connectivity index (χ2n) is 5.10. The maximum Gasteiger partial charge on any atom is 0.337 e. The average Bonchev–Trinajstić information content (AvgIpc) is 3.24. The van der Waals surface area contributed by atoms with Gasteiger partial charge in [0.05, 0.1) is 12.7 Å². The van der Waals surface area contributed by atoms with E-state index in [1.165, 1.54) is 13.5 Å². The van der Waals surface area contributed by atoms with Crippen LogP contribution < -0.4 is 0 Å². The Bertz CT molecular complexity index is 667. The molecule has 1 atom stereocenters. The predicted molar refractivity (Wildman–Crippen MR) is 75.3 cm³/mol. The highest BCUT2D eigenvalue weighted by atomic mass is 16.5. The Labute approximate surface area is 126 Å². The molecular formula is C15H15N3O4. The molecule has 0 spiro atoms. The number of carbonyl (C=O) groups excluding carboxylic acids is 2. The van der Waals surface area contributed by atoms with E-state index in [9.17, 15) is 9.59 Å². The van der Waals surface area contributed by atoms with Gasteiger partial charge in [-0.2, -0.15) is 4.98 Å². The molecule has 3 rings (SSSR count). The summed E-state index contributed by atoms with van der Waals surface area (Å²) in [6.45, 7) is 1.22. The topological polar surface area (TPSA) is 85.5 Å². The van der Waals surface area contributed by atoms with Crippen LogP contribution in [0, 0.1) is 0 Å².